The molecular formula is C24H29N3O2. The van der Waals surface area contributed by atoms with Gasteiger partial charge in [0.15, 0.2) is 0 Å². The maximum atomic E-state index is 13.1. The third-order valence-corrected chi connectivity index (χ3v) is 5.29. The normalized spacial score (nSPS) is 15.1. The number of anilines is 1. The lowest BCUT2D eigenvalue weighted by Crippen LogP contribution is -2.35. The number of morpholine rings is 1. The molecule has 1 amide bonds. The molecular weight excluding hydrogens is 362 g/mol. The summed E-state index contributed by atoms with van der Waals surface area (Å²) in [6.07, 6.45) is 1.98. The summed E-state index contributed by atoms with van der Waals surface area (Å²) in [5.41, 5.74) is 3.86. The Morgan fingerprint density at radius 1 is 1.10 bits per heavy atom. The van der Waals surface area contributed by atoms with E-state index in [-0.39, 0.29) is 5.91 Å². The number of carbonyl (C=O) groups excluding carboxylic acids is 1. The molecule has 0 aliphatic carbocycles. The smallest absolute Gasteiger partial charge is 0.257 e. The van der Waals surface area contributed by atoms with Gasteiger partial charge in [-0.15, -0.1) is 0 Å². The first kappa shape index (κ1) is 19.7. The molecule has 0 unspecified atom stereocenters. The zero-order chi connectivity index (χ0) is 20.2. The lowest BCUT2D eigenvalue weighted by molar-refractivity contribution is 0.0342. The van der Waals surface area contributed by atoms with Crippen LogP contribution in [0.4, 0.5) is 5.69 Å². The van der Waals surface area contributed by atoms with Crippen LogP contribution >= 0.6 is 0 Å². The third kappa shape index (κ3) is 4.69. The van der Waals surface area contributed by atoms with Gasteiger partial charge < -0.3 is 14.6 Å². The van der Waals surface area contributed by atoms with Gasteiger partial charge >= 0.3 is 0 Å². The molecule has 29 heavy (non-hydrogen) atoms. The van der Waals surface area contributed by atoms with E-state index in [0.717, 1.165) is 61.5 Å². The number of carbonyl (C=O) groups is 1. The molecule has 1 N–H and O–H groups in total. The van der Waals surface area contributed by atoms with Crippen molar-refractivity contribution in [2.45, 2.75) is 26.9 Å². The molecule has 0 radical (unpaired) electrons. The highest BCUT2D eigenvalue weighted by molar-refractivity contribution is 6.13. The molecule has 0 atom stereocenters. The average molecular weight is 392 g/mol. The molecule has 2 heterocycles. The van der Waals surface area contributed by atoms with Gasteiger partial charge in [0.2, 0.25) is 0 Å². The number of rotatable bonds is 6. The van der Waals surface area contributed by atoms with E-state index in [1.54, 1.807) is 0 Å². The summed E-state index contributed by atoms with van der Waals surface area (Å²) in [6, 6.07) is 16.3. The van der Waals surface area contributed by atoms with E-state index in [4.69, 9.17) is 4.74 Å². The van der Waals surface area contributed by atoms with Gasteiger partial charge in [0.1, 0.15) is 0 Å². The van der Waals surface area contributed by atoms with E-state index in [0.29, 0.717) is 5.92 Å². The van der Waals surface area contributed by atoms with E-state index in [1.165, 1.54) is 5.56 Å². The van der Waals surface area contributed by atoms with Crippen molar-refractivity contribution in [3.8, 4) is 0 Å². The Morgan fingerprint density at radius 2 is 1.90 bits per heavy atom. The van der Waals surface area contributed by atoms with Crippen molar-refractivity contribution in [3.05, 3.63) is 65.9 Å². The summed E-state index contributed by atoms with van der Waals surface area (Å²) in [5, 5.41) is 4.09. The van der Waals surface area contributed by atoms with Crippen LogP contribution in [0.2, 0.25) is 0 Å². The molecule has 5 nitrogen and oxygen atoms in total. The van der Waals surface area contributed by atoms with Crippen LogP contribution in [0.1, 0.15) is 29.8 Å². The van der Waals surface area contributed by atoms with Gasteiger partial charge in [-0.25, -0.2) is 0 Å². The Labute approximate surface area is 172 Å². The molecule has 1 aliphatic rings. The van der Waals surface area contributed by atoms with E-state index < -0.39 is 0 Å². The van der Waals surface area contributed by atoms with Crippen LogP contribution in [0.15, 0.2) is 54.7 Å². The number of hydrogen-bond donors (Lipinski definition) is 1. The second-order valence-electron chi connectivity index (χ2n) is 8.15. The monoisotopic (exact) mass is 391 g/mol. The maximum Gasteiger partial charge on any atom is 0.257 e. The van der Waals surface area contributed by atoms with Crippen molar-refractivity contribution < 1.29 is 9.53 Å². The van der Waals surface area contributed by atoms with Crippen molar-refractivity contribution >= 4 is 22.5 Å². The van der Waals surface area contributed by atoms with Crippen molar-refractivity contribution in [2.75, 3.05) is 31.6 Å². The second kappa shape index (κ2) is 8.80. The standard InChI is InChI=1S/C24H29N3O2/c1-18(2)15-27-17-22(21-8-3-4-9-23(21)27)24(28)25-20-7-5-6-19(14-20)16-26-10-12-29-13-11-26/h3-9,14,17-18H,10-13,15-16H2,1-2H3,(H,25,28). The van der Waals surface area contributed by atoms with Crippen molar-refractivity contribution in [2.24, 2.45) is 5.92 Å². The Kier molecular flexibility index (Phi) is 5.97. The minimum Gasteiger partial charge on any atom is -0.379 e. The minimum atomic E-state index is -0.0628. The molecule has 0 bridgehead atoms. The number of fused-ring (bicyclic) bond motifs is 1. The zero-order valence-electron chi connectivity index (χ0n) is 17.2. The fraction of sp³-hybridized carbons (Fsp3) is 0.375. The largest absolute Gasteiger partial charge is 0.379 e. The SMILES string of the molecule is CC(C)Cn1cc(C(=O)Nc2cccc(CN3CCOCC3)c2)c2ccccc21. The number of ether oxygens (including phenoxy) is 1. The first-order chi connectivity index (χ1) is 14.1. The Hall–Kier alpha value is -2.63. The fourth-order valence-corrected chi connectivity index (χ4v) is 3.94. The number of aromatic nitrogens is 1. The van der Waals surface area contributed by atoms with E-state index in [2.05, 4.69) is 46.8 Å². The first-order valence-corrected chi connectivity index (χ1v) is 10.4. The predicted octanol–water partition coefficient (Wildman–Crippen LogP) is 4.38. The first-order valence-electron chi connectivity index (χ1n) is 10.4. The minimum absolute atomic E-state index is 0.0628. The number of para-hydroxylation sites is 1. The molecule has 1 fully saturated rings. The fourth-order valence-electron chi connectivity index (χ4n) is 3.94. The van der Waals surface area contributed by atoms with Gasteiger partial charge in [0.25, 0.3) is 5.91 Å². The molecule has 1 saturated heterocycles. The van der Waals surface area contributed by atoms with Crippen LogP contribution in [-0.4, -0.2) is 41.7 Å². The van der Waals surface area contributed by atoms with Gasteiger partial charge in [0.05, 0.1) is 18.8 Å². The quantitative estimate of drug-likeness (QED) is 0.678. The Morgan fingerprint density at radius 3 is 2.69 bits per heavy atom. The number of benzene rings is 2. The molecule has 1 aromatic heterocycles. The number of nitrogens with one attached hydrogen (secondary N) is 1. The van der Waals surface area contributed by atoms with Crippen molar-refractivity contribution in [3.63, 3.8) is 0 Å². The van der Waals surface area contributed by atoms with E-state index in [9.17, 15) is 4.79 Å². The third-order valence-electron chi connectivity index (χ3n) is 5.29. The van der Waals surface area contributed by atoms with Crippen LogP contribution in [0.3, 0.4) is 0 Å². The number of amides is 1. The molecule has 2 aromatic carbocycles. The predicted molar refractivity (Wildman–Crippen MR) is 117 cm³/mol. The molecule has 0 saturated carbocycles. The summed E-state index contributed by atoms with van der Waals surface area (Å²) in [7, 11) is 0. The Bertz CT molecular complexity index is 987. The van der Waals surface area contributed by atoms with Gasteiger partial charge in [-0.3, -0.25) is 9.69 Å². The molecule has 3 aromatic rings. The summed E-state index contributed by atoms with van der Waals surface area (Å²) >= 11 is 0. The zero-order valence-corrected chi connectivity index (χ0v) is 17.2. The highest BCUT2D eigenvalue weighted by atomic mass is 16.5. The van der Waals surface area contributed by atoms with Crippen molar-refractivity contribution in [1.29, 1.82) is 0 Å². The van der Waals surface area contributed by atoms with Crippen LogP contribution in [0.25, 0.3) is 10.9 Å². The topological polar surface area (TPSA) is 46.5 Å². The average Bonchev–Trinajstić information content (AvgIpc) is 3.07. The van der Waals surface area contributed by atoms with Crippen LogP contribution < -0.4 is 5.32 Å². The second-order valence-corrected chi connectivity index (χ2v) is 8.15. The summed E-state index contributed by atoms with van der Waals surface area (Å²) in [5.74, 6) is 0.450. The van der Waals surface area contributed by atoms with E-state index in [1.807, 2.05) is 36.5 Å². The summed E-state index contributed by atoms with van der Waals surface area (Å²) in [4.78, 5) is 15.5. The Balaban J connectivity index is 1.53. The number of nitrogens with zero attached hydrogens (tertiary/aromatic N) is 2. The van der Waals surface area contributed by atoms with Gasteiger partial charge in [-0.2, -0.15) is 0 Å². The van der Waals surface area contributed by atoms with E-state index >= 15 is 0 Å². The van der Waals surface area contributed by atoms with Crippen molar-refractivity contribution in [1.82, 2.24) is 9.47 Å². The highest BCUT2D eigenvalue weighted by Gasteiger charge is 2.16. The maximum absolute atomic E-state index is 13.1. The summed E-state index contributed by atoms with van der Waals surface area (Å²) in [6.45, 7) is 9.62. The molecule has 1 aliphatic heterocycles. The van der Waals surface area contributed by atoms with Gasteiger partial charge in [0, 0.05) is 49.0 Å². The van der Waals surface area contributed by atoms with Gasteiger partial charge in [-0.1, -0.05) is 44.2 Å². The molecule has 5 heteroatoms. The van der Waals surface area contributed by atoms with Crippen LogP contribution in [0, 0.1) is 5.92 Å². The molecule has 4 rings (SSSR count). The molecule has 0 spiro atoms. The number of hydrogen-bond acceptors (Lipinski definition) is 3. The summed E-state index contributed by atoms with van der Waals surface area (Å²) < 4.78 is 7.61. The van der Waals surface area contributed by atoms with Gasteiger partial charge in [-0.05, 0) is 29.7 Å². The van der Waals surface area contributed by atoms with Crippen LogP contribution in [0.5, 0.6) is 0 Å². The lowest BCUT2D eigenvalue weighted by atomic mass is 10.1. The highest BCUT2D eigenvalue weighted by Crippen LogP contribution is 2.24. The van der Waals surface area contributed by atoms with Crippen LogP contribution in [-0.2, 0) is 17.8 Å². The molecule has 152 valence electrons. The lowest BCUT2D eigenvalue weighted by Gasteiger charge is -2.26.